The van der Waals surface area contributed by atoms with E-state index in [1.807, 2.05) is 7.05 Å². The number of carbonyl (C=O) groups excluding carboxylic acids is 2. The summed E-state index contributed by atoms with van der Waals surface area (Å²) in [6.45, 7) is 2.68. The summed E-state index contributed by atoms with van der Waals surface area (Å²) >= 11 is 0. The third-order valence-corrected chi connectivity index (χ3v) is 4.49. The van der Waals surface area contributed by atoms with Gasteiger partial charge in [0, 0.05) is 44.3 Å². The zero-order chi connectivity index (χ0) is 20.3. The molecule has 0 atom stereocenters. The SMILES string of the molecule is CN1CCN(C(=O)c2cncc(C(=O)Nc3cccc(C(F)(F)F)c3)c2)CC1. The monoisotopic (exact) mass is 392 g/mol. The summed E-state index contributed by atoms with van der Waals surface area (Å²) < 4.78 is 38.4. The van der Waals surface area contributed by atoms with Crippen molar-refractivity contribution in [2.75, 3.05) is 38.5 Å². The minimum absolute atomic E-state index is 0.00984. The summed E-state index contributed by atoms with van der Waals surface area (Å²) in [5.74, 6) is -0.867. The molecule has 1 aromatic heterocycles. The zero-order valence-electron chi connectivity index (χ0n) is 15.2. The van der Waals surface area contributed by atoms with Crippen LogP contribution in [0.5, 0.6) is 0 Å². The van der Waals surface area contributed by atoms with Crippen molar-refractivity contribution >= 4 is 17.5 Å². The Morgan fingerprint density at radius 3 is 2.39 bits per heavy atom. The second kappa shape index (κ2) is 7.97. The minimum Gasteiger partial charge on any atom is -0.336 e. The van der Waals surface area contributed by atoms with Crippen molar-refractivity contribution < 1.29 is 22.8 Å². The number of aromatic nitrogens is 1. The number of nitrogens with one attached hydrogen (secondary N) is 1. The first kappa shape index (κ1) is 19.8. The fourth-order valence-corrected chi connectivity index (χ4v) is 2.85. The van der Waals surface area contributed by atoms with Crippen molar-refractivity contribution in [3.05, 3.63) is 59.4 Å². The van der Waals surface area contributed by atoms with Crippen molar-refractivity contribution in [3.63, 3.8) is 0 Å². The van der Waals surface area contributed by atoms with E-state index in [9.17, 15) is 22.8 Å². The van der Waals surface area contributed by atoms with Crippen LogP contribution in [-0.4, -0.2) is 59.8 Å². The van der Waals surface area contributed by atoms with Crippen LogP contribution in [0, 0.1) is 0 Å². The fraction of sp³-hybridized carbons (Fsp3) is 0.316. The number of alkyl halides is 3. The Hall–Kier alpha value is -2.94. The second-order valence-corrected chi connectivity index (χ2v) is 6.59. The molecule has 1 aliphatic heterocycles. The summed E-state index contributed by atoms with van der Waals surface area (Å²) in [4.78, 5) is 32.7. The molecule has 0 unspecified atom stereocenters. The number of likely N-dealkylation sites (N-methyl/N-ethyl adjacent to an activating group) is 1. The van der Waals surface area contributed by atoms with Crippen molar-refractivity contribution in [1.82, 2.24) is 14.8 Å². The molecule has 1 aromatic carbocycles. The molecule has 1 fully saturated rings. The Labute approximate surface area is 160 Å². The van der Waals surface area contributed by atoms with Crippen LogP contribution in [0.1, 0.15) is 26.3 Å². The van der Waals surface area contributed by atoms with Gasteiger partial charge in [0.2, 0.25) is 0 Å². The number of halogens is 3. The number of nitrogens with zero attached hydrogens (tertiary/aromatic N) is 3. The summed E-state index contributed by atoms with van der Waals surface area (Å²) in [5, 5.41) is 2.41. The van der Waals surface area contributed by atoms with Crippen molar-refractivity contribution in [3.8, 4) is 0 Å². The quantitative estimate of drug-likeness (QED) is 0.873. The third kappa shape index (κ3) is 4.66. The fourth-order valence-electron chi connectivity index (χ4n) is 2.85. The van der Waals surface area contributed by atoms with Gasteiger partial charge in [-0.1, -0.05) is 6.07 Å². The molecule has 9 heteroatoms. The lowest BCUT2D eigenvalue weighted by Crippen LogP contribution is -2.47. The van der Waals surface area contributed by atoms with Crippen LogP contribution < -0.4 is 5.32 Å². The van der Waals surface area contributed by atoms with E-state index in [0.29, 0.717) is 13.1 Å². The third-order valence-electron chi connectivity index (χ3n) is 4.49. The van der Waals surface area contributed by atoms with Crippen molar-refractivity contribution in [1.29, 1.82) is 0 Å². The number of rotatable bonds is 3. The van der Waals surface area contributed by atoms with E-state index in [2.05, 4.69) is 15.2 Å². The predicted octanol–water partition coefficient (Wildman–Crippen LogP) is 2.74. The van der Waals surface area contributed by atoms with E-state index < -0.39 is 17.6 Å². The molecule has 2 amide bonds. The van der Waals surface area contributed by atoms with Crippen LogP contribution in [0.15, 0.2) is 42.7 Å². The Balaban J connectivity index is 1.73. The molecule has 3 rings (SSSR count). The molecule has 0 spiro atoms. The van der Waals surface area contributed by atoms with Crippen LogP contribution >= 0.6 is 0 Å². The smallest absolute Gasteiger partial charge is 0.336 e. The topological polar surface area (TPSA) is 65.5 Å². The lowest BCUT2D eigenvalue weighted by atomic mass is 10.1. The Morgan fingerprint density at radius 1 is 1.04 bits per heavy atom. The van der Waals surface area contributed by atoms with Gasteiger partial charge in [-0.05, 0) is 31.3 Å². The van der Waals surface area contributed by atoms with E-state index in [0.717, 1.165) is 25.2 Å². The molecule has 0 saturated carbocycles. The maximum atomic E-state index is 12.8. The van der Waals surface area contributed by atoms with Crippen LogP contribution in [0.4, 0.5) is 18.9 Å². The number of hydrogen-bond donors (Lipinski definition) is 1. The molecular weight excluding hydrogens is 373 g/mol. The second-order valence-electron chi connectivity index (χ2n) is 6.59. The standard InChI is InChI=1S/C19H19F3N4O2/c1-25-5-7-26(8-6-25)18(28)14-9-13(11-23-12-14)17(27)24-16-4-2-3-15(10-16)19(20,21)22/h2-4,9-12H,5-8H2,1H3,(H,24,27). The number of amides is 2. The van der Waals surface area contributed by atoms with E-state index in [-0.39, 0.29) is 22.7 Å². The largest absolute Gasteiger partial charge is 0.416 e. The van der Waals surface area contributed by atoms with E-state index >= 15 is 0 Å². The number of hydrogen-bond acceptors (Lipinski definition) is 4. The van der Waals surface area contributed by atoms with Crippen LogP contribution in [0.25, 0.3) is 0 Å². The highest BCUT2D eigenvalue weighted by molar-refractivity contribution is 6.05. The Morgan fingerprint density at radius 2 is 1.71 bits per heavy atom. The van der Waals surface area contributed by atoms with Gasteiger partial charge < -0.3 is 15.1 Å². The summed E-state index contributed by atoms with van der Waals surface area (Å²) in [5.41, 5.74) is -0.489. The molecule has 28 heavy (non-hydrogen) atoms. The number of anilines is 1. The maximum absolute atomic E-state index is 12.8. The van der Waals surface area contributed by atoms with Crippen LogP contribution in [0.2, 0.25) is 0 Å². The average Bonchev–Trinajstić information content (AvgIpc) is 2.67. The lowest BCUT2D eigenvalue weighted by Gasteiger charge is -2.32. The van der Waals surface area contributed by atoms with Gasteiger partial charge in [-0.2, -0.15) is 13.2 Å². The van der Waals surface area contributed by atoms with Crippen molar-refractivity contribution in [2.24, 2.45) is 0 Å². The highest BCUT2D eigenvalue weighted by atomic mass is 19.4. The maximum Gasteiger partial charge on any atom is 0.416 e. The van der Waals surface area contributed by atoms with Gasteiger partial charge in [0.05, 0.1) is 16.7 Å². The Bertz CT molecular complexity index is 877. The van der Waals surface area contributed by atoms with E-state index in [1.54, 1.807) is 4.90 Å². The minimum atomic E-state index is -4.50. The molecule has 1 aliphatic rings. The lowest BCUT2D eigenvalue weighted by molar-refractivity contribution is -0.137. The highest BCUT2D eigenvalue weighted by Crippen LogP contribution is 2.30. The molecule has 0 radical (unpaired) electrons. The van der Waals surface area contributed by atoms with Crippen LogP contribution in [0.3, 0.4) is 0 Å². The van der Waals surface area contributed by atoms with E-state index in [1.165, 1.54) is 30.6 Å². The van der Waals surface area contributed by atoms with Gasteiger partial charge >= 0.3 is 6.18 Å². The summed E-state index contributed by atoms with van der Waals surface area (Å²) in [6.07, 6.45) is -1.86. The molecule has 2 heterocycles. The molecule has 148 valence electrons. The molecule has 0 aliphatic carbocycles. The first-order chi connectivity index (χ1) is 13.2. The summed E-state index contributed by atoms with van der Waals surface area (Å²) in [6, 6.07) is 5.75. The van der Waals surface area contributed by atoms with Gasteiger partial charge in [0.25, 0.3) is 11.8 Å². The number of pyridine rings is 1. The first-order valence-electron chi connectivity index (χ1n) is 8.65. The molecular formula is C19H19F3N4O2. The van der Waals surface area contributed by atoms with Gasteiger partial charge in [-0.3, -0.25) is 14.6 Å². The van der Waals surface area contributed by atoms with Crippen molar-refractivity contribution in [2.45, 2.75) is 6.18 Å². The van der Waals surface area contributed by atoms with E-state index in [4.69, 9.17) is 0 Å². The molecule has 1 saturated heterocycles. The predicted molar refractivity (Wildman–Crippen MR) is 97.0 cm³/mol. The molecule has 2 aromatic rings. The molecule has 1 N–H and O–H groups in total. The number of carbonyl (C=O) groups is 2. The molecule has 6 nitrogen and oxygen atoms in total. The number of piperazine rings is 1. The number of benzene rings is 1. The molecule has 0 bridgehead atoms. The zero-order valence-corrected chi connectivity index (χ0v) is 15.2. The van der Waals surface area contributed by atoms with Gasteiger partial charge in [-0.15, -0.1) is 0 Å². The van der Waals surface area contributed by atoms with Gasteiger partial charge in [0.15, 0.2) is 0 Å². The highest BCUT2D eigenvalue weighted by Gasteiger charge is 2.30. The summed E-state index contributed by atoms with van der Waals surface area (Å²) in [7, 11) is 1.97. The van der Waals surface area contributed by atoms with Gasteiger partial charge in [0.1, 0.15) is 0 Å². The first-order valence-corrected chi connectivity index (χ1v) is 8.65. The Kier molecular flexibility index (Phi) is 5.64. The van der Waals surface area contributed by atoms with Gasteiger partial charge in [-0.25, -0.2) is 0 Å². The van der Waals surface area contributed by atoms with Crippen LogP contribution in [-0.2, 0) is 6.18 Å². The normalized spacial score (nSPS) is 15.4. The average molecular weight is 392 g/mol.